The smallest absolute Gasteiger partial charge is 0.341 e. The monoisotopic (exact) mass is 540 g/mol. The SMILES string of the molecule is CCNC(=NCc1cc(C(=O)OC)c(C)o1)NC(C)c1cccc(N2CCCC2)c1.I. The Morgan fingerprint density at radius 1 is 1.29 bits per heavy atom. The van der Waals surface area contributed by atoms with Crippen molar-refractivity contribution in [2.24, 2.45) is 4.99 Å². The molecule has 1 aromatic carbocycles. The largest absolute Gasteiger partial charge is 0.465 e. The summed E-state index contributed by atoms with van der Waals surface area (Å²) in [5.41, 5.74) is 2.93. The number of ether oxygens (including phenoxy) is 1. The topological polar surface area (TPSA) is 79.1 Å². The fourth-order valence-corrected chi connectivity index (χ4v) is 3.67. The first kappa shape index (κ1) is 25.0. The normalized spacial score (nSPS) is 14.7. The molecule has 1 saturated heterocycles. The molecule has 1 aliphatic rings. The lowest BCUT2D eigenvalue weighted by atomic mass is 10.1. The highest BCUT2D eigenvalue weighted by Crippen LogP contribution is 2.24. The number of aryl methyl sites for hydroxylation is 1. The number of nitrogens with one attached hydrogen (secondary N) is 2. The Morgan fingerprint density at radius 2 is 2.03 bits per heavy atom. The van der Waals surface area contributed by atoms with Crippen molar-refractivity contribution >= 4 is 41.6 Å². The molecule has 2 heterocycles. The van der Waals surface area contributed by atoms with E-state index in [0.717, 1.165) is 19.6 Å². The Bertz CT molecular complexity index is 891. The summed E-state index contributed by atoms with van der Waals surface area (Å²) in [6, 6.07) is 10.5. The molecule has 7 nitrogen and oxygen atoms in total. The molecule has 1 aromatic heterocycles. The molecule has 3 rings (SSSR count). The first-order chi connectivity index (χ1) is 14.5. The summed E-state index contributed by atoms with van der Waals surface area (Å²) < 4.78 is 10.4. The minimum absolute atomic E-state index is 0. The third-order valence-electron chi connectivity index (χ3n) is 5.31. The highest BCUT2D eigenvalue weighted by molar-refractivity contribution is 14.0. The maximum absolute atomic E-state index is 11.8. The minimum Gasteiger partial charge on any atom is -0.465 e. The summed E-state index contributed by atoms with van der Waals surface area (Å²) in [6.45, 7) is 9.24. The van der Waals surface area contributed by atoms with Crippen LogP contribution < -0.4 is 15.5 Å². The van der Waals surface area contributed by atoms with Crippen LogP contribution in [0.25, 0.3) is 0 Å². The van der Waals surface area contributed by atoms with E-state index in [9.17, 15) is 4.79 Å². The van der Waals surface area contributed by atoms with Crippen LogP contribution in [0.3, 0.4) is 0 Å². The molecule has 0 bridgehead atoms. The quantitative estimate of drug-likeness (QED) is 0.235. The van der Waals surface area contributed by atoms with Gasteiger partial charge in [0.2, 0.25) is 0 Å². The maximum Gasteiger partial charge on any atom is 0.341 e. The van der Waals surface area contributed by atoms with Gasteiger partial charge in [-0.1, -0.05) is 12.1 Å². The molecule has 31 heavy (non-hydrogen) atoms. The van der Waals surface area contributed by atoms with Crippen molar-refractivity contribution in [3.05, 3.63) is 53.0 Å². The van der Waals surface area contributed by atoms with Crippen LogP contribution >= 0.6 is 24.0 Å². The van der Waals surface area contributed by atoms with E-state index in [4.69, 9.17) is 9.15 Å². The molecule has 0 aliphatic carbocycles. The lowest BCUT2D eigenvalue weighted by Gasteiger charge is -2.22. The highest BCUT2D eigenvalue weighted by Gasteiger charge is 2.16. The first-order valence-electron chi connectivity index (χ1n) is 10.6. The van der Waals surface area contributed by atoms with Crippen LogP contribution in [0.5, 0.6) is 0 Å². The fourth-order valence-electron chi connectivity index (χ4n) is 3.67. The van der Waals surface area contributed by atoms with Crippen LogP contribution in [-0.2, 0) is 11.3 Å². The van der Waals surface area contributed by atoms with Gasteiger partial charge in [-0.05, 0) is 57.4 Å². The van der Waals surface area contributed by atoms with E-state index < -0.39 is 5.97 Å². The van der Waals surface area contributed by atoms with Crippen molar-refractivity contribution in [1.29, 1.82) is 0 Å². The van der Waals surface area contributed by atoms with Crippen LogP contribution in [0.2, 0.25) is 0 Å². The Kier molecular flexibility index (Phi) is 9.67. The zero-order valence-corrected chi connectivity index (χ0v) is 21.1. The zero-order valence-electron chi connectivity index (χ0n) is 18.7. The van der Waals surface area contributed by atoms with Crippen molar-refractivity contribution in [3.63, 3.8) is 0 Å². The number of hydrogen-bond acceptors (Lipinski definition) is 5. The second kappa shape index (κ2) is 12.0. The number of furan rings is 1. The predicted molar refractivity (Wildman–Crippen MR) is 134 cm³/mol. The molecule has 0 radical (unpaired) electrons. The molecule has 2 aromatic rings. The Morgan fingerprint density at radius 3 is 2.71 bits per heavy atom. The van der Waals surface area contributed by atoms with E-state index in [1.807, 2.05) is 6.92 Å². The van der Waals surface area contributed by atoms with Crippen molar-refractivity contribution in [1.82, 2.24) is 10.6 Å². The number of rotatable bonds is 7. The van der Waals surface area contributed by atoms with Gasteiger partial charge in [0.05, 0.1) is 13.2 Å². The predicted octanol–water partition coefficient (Wildman–Crippen LogP) is 4.41. The summed E-state index contributed by atoms with van der Waals surface area (Å²) in [4.78, 5) is 18.8. The van der Waals surface area contributed by atoms with Crippen LogP contribution in [0.4, 0.5) is 5.69 Å². The number of nitrogens with zero attached hydrogens (tertiary/aromatic N) is 2. The number of halogens is 1. The van der Waals surface area contributed by atoms with E-state index in [2.05, 4.69) is 51.7 Å². The standard InChI is InChI=1S/C23H32N4O3.HI/c1-5-24-23(25-15-20-14-21(17(3)30-20)22(28)29-4)26-16(2)18-9-8-10-19(13-18)27-11-6-7-12-27;/h8-10,13-14,16H,5-7,11-12,15H2,1-4H3,(H2,24,25,26);1H. The van der Waals surface area contributed by atoms with Crippen molar-refractivity contribution < 1.29 is 13.9 Å². The molecule has 2 N–H and O–H groups in total. The summed E-state index contributed by atoms with van der Waals surface area (Å²) in [6.07, 6.45) is 2.53. The van der Waals surface area contributed by atoms with Gasteiger partial charge < -0.3 is 24.7 Å². The lowest BCUT2D eigenvalue weighted by Crippen LogP contribution is -2.38. The average molecular weight is 540 g/mol. The number of anilines is 1. The Labute approximate surface area is 201 Å². The number of benzene rings is 1. The van der Waals surface area contributed by atoms with Gasteiger partial charge in [-0.2, -0.15) is 0 Å². The molecule has 8 heteroatoms. The number of guanidine groups is 1. The number of carbonyl (C=O) groups excluding carboxylic acids is 1. The molecule has 0 spiro atoms. The molecule has 1 unspecified atom stereocenters. The van der Waals surface area contributed by atoms with Crippen LogP contribution in [-0.4, -0.2) is 38.7 Å². The first-order valence-corrected chi connectivity index (χ1v) is 10.6. The van der Waals surface area contributed by atoms with Crippen molar-refractivity contribution in [2.75, 3.05) is 31.6 Å². The number of aliphatic imine (C=N–C) groups is 1. The van der Waals surface area contributed by atoms with Crippen LogP contribution in [0.15, 0.2) is 39.7 Å². The van der Waals surface area contributed by atoms with Gasteiger partial charge in [0.15, 0.2) is 5.96 Å². The Balaban J connectivity index is 0.00000341. The van der Waals surface area contributed by atoms with Crippen molar-refractivity contribution in [2.45, 2.75) is 46.2 Å². The van der Waals surface area contributed by atoms with Crippen LogP contribution in [0, 0.1) is 6.92 Å². The minimum atomic E-state index is -0.400. The number of hydrogen-bond donors (Lipinski definition) is 2. The van der Waals surface area contributed by atoms with Gasteiger partial charge in [0.25, 0.3) is 0 Å². The molecule has 0 amide bonds. The highest BCUT2D eigenvalue weighted by atomic mass is 127. The van der Waals surface area contributed by atoms with Gasteiger partial charge in [-0.15, -0.1) is 24.0 Å². The summed E-state index contributed by atoms with van der Waals surface area (Å²) in [7, 11) is 1.36. The maximum atomic E-state index is 11.8. The Hall–Kier alpha value is -2.23. The molecular formula is C23H33IN4O3. The molecular weight excluding hydrogens is 507 g/mol. The number of esters is 1. The van der Waals surface area contributed by atoms with Gasteiger partial charge in [0, 0.05) is 25.3 Å². The third kappa shape index (κ3) is 6.62. The molecule has 170 valence electrons. The molecule has 1 atom stereocenters. The van der Waals surface area contributed by atoms with Crippen LogP contribution in [0.1, 0.15) is 60.2 Å². The van der Waals surface area contributed by atoms with Crippen molar-refractivity contribution in [3.8, 4) is 0 Å². The van der Waals surface area contributed by atoms with Gasteiger partial charge in [-0.3, -0.25) is 0 Å². The second-order valence-corrected chi connectivity index (χ2v) is 7.52. The molecule has 0 saturated carbocycles. The van der Waals surface area contributed by atoms with E-state index >= 15 is 0 Å². The van der Waals surface area contributed by atoms with E-state index in [-0.39, 0.29) is 30.0 Å². The summed E-state index contributed by atoms with van der Waals surface area (Å²) in [5.74, 6) is 1.46. The molecule has 1 aliphatic heterocycles. The third-order valence-corrected chi connectivity index (χ3v) is 5.31. The average Bonchev–Trinajstić information content (AvgIpc) is 3.41. The van der Waals surface area contributed by atoms with Gasteiger partial charge in [0.1, 0.15) is 23.6 Å². The van der Waals surface area contributed by atoms with Gasteiger partial charge >= 0.3 is 5.97 Å². The summed E-state index contributed by atoms with van der Waals surface area (Å²) >= 11 is 0. The summed E-state index contributed by atoms with van der Waals surface area (Å²) in [5, 5.41) is 6.74. The van der Waals surface area contributed by atoms with E-state index in [0.29, 0.717) is 29.6 Å². The van der Waals surface area contributed by atoms with Gasteiger partial charge in [-0.25, -0.2) is 9.79 Å². The number of methoxy groups -OCH3 is 1. The number of carbonyl (C=O) groups is 1. The lowest BCUT2D eigenvalue weighted by molar-refractivity contribution is 0.0599. The fraction of sp³-hybridized carbons (Fsp3) is 0.478. The molecule has 1 fully saturated rings. The van der Waals surface area contributed by atoms with E-state index in [1.54, 1.807) is 13.0 Å². The zero-order chi connectivity index (χ0) is 21.5. The second-order valence-electron chi connectivity index (χ2n) is 7.52. The van der Waals surface area contributed by atoms with E-state index in [1.165, 1.54) is 31.2 Å².